The van der Waals surface area contributed by atoms with Crippen LogP contribution >= 0.6 is 0 Å². The first-order valence-electron chi connectivity index (χ1n) is 11.1. The van der Waals surface area contributed by atoms with Crippen LogP contribution in [0.1, 0.15) is 82.9 Å². The number of aromatic amines is 1. The summed E-state index contributed by atoms with van der Waals surface area (Å²) >= 11 is 0. The maximum atomic E-state index is 10.4. The van der Waals surface area contributed by atoms with E-state index < -0.39 is 12.9 Å². The van der Waals surface area contributed by atoms with E-state index in [4.69, 9.17) is 0 Å². The van der Waals surface area contributed by atoms with Gasteiger partial charge in [0, 0.05) is 22.5 Å². The molecule has 5 N–H and O–H groups in total. The molecule has 29 heavy (non-hydrogen) atoms. The van der Waals surface area contributed by atoms with Crippen molar-refractivity contribution in [2.24, 2.45) is 17.3 Å². The Labute approximate surface area is 172 Å². The number of hydrogen-bond acceptors (Lipinski definition) is 4. The number of phenolic OH excluding ortho intramolecular Hbond substituents is 2. The molecule has 0 radical (unpaired) electrons. The Kier molecular flexibility index (Phi) is 4.11. The van der Waals surface area contributed by atoms with Gasteiger partial charge in [-0.05, 0) is 72.8 Å². The highest BCUT2D eigenvalue weighted by Crippen LogP contribution is 2.61. The quantitative estimate of drug-likeness (QED) is 0.395. The summed E-state index contributed by atoms with van der Waals surface area (Å²) in [5.41, 5.74) is 3.20. The van der Waals surface area contributed by atoms with Gasteiger partial charge in [-0.3, -0.25) is 0 Å². The molecule has 0 saturated heterocycles. The van der Waals surface area contributed by atoms with Crippen LogP contribution in [0.25, 0.3) is 10.9 Å². The normalized spacial score (nSPS) is 31.2. The minimum absolute atomic E-state index is 0.0159. The standard InChI is InChI=1S/C23H32BNO4/c1-22(2)9-4-10-23(3)16(22)8-7-13(12-5-6-12)19-17(23)14-11-15(26)21(27)18(24(28)29)20(14)25-19/h11-13,16,25-29H,4-10H2,1-3H3/t13?,16-,23-/m1/s1. The Morgan fingerprint density at radius 3 is 2.41 bits per heavy atom. The number of benzene rings is 1. The average Bonchev–Trinajstić information content (AvgIpc) is 3.40. The first-order chi connectivity index (χ1) is 13.6. The smallest absolute Gasteiger partial charge is 0.494 e. The molecule has 5 rings (SSSR count). The van der Waals surface area contributed by atoms with Crippen molar-refractivity contribution in [1.29, 1.82) is 0 Å². The molecule has 1 unspecified atom stereocenters. The third-order valence-electron chi connectivity index (χ3n) is 8.50. The van der Waals surface area contributed by atoms with Crippen LogP contribution in [0, 0.1) is 17.3 Å². The Balaban J connectivity index is 1.85. The zero-order chi connectivity index (χ0) is 20.7. The van der Waals surface area contributed by atoms with Crippen molar-refractivity contribution < 1.29 is 20.3 Å². The van der Waals surface area contributed by atoms with E-state index in [0.717, 1.165) is 18.2 Å². The lowest BCUT2D eigenvalue weighted by Gasteiger charge is -2.51. The van der Waals surface area contributed by atoms with E-state index >= 15 is 0 Å². The van der Waals surface area contributed by atoms with E-state index in [-0.39, 0.29) is 22.0 Å². The summed E-state index contributed by atoms with van der Waals surface area (Å²) in [6.45, 7) is 7.17. The minimum atomic E-state index is -1.85. The monoisotopic (exact) mass is 397 g/mol. The van der Waals surface area contributed by atoms with Gasteiger partial charge in [-0.15, -0.1) is 0 Å². The Hall–Kier alpha value is -1.66. The highest BCUT2D eigenvalue weighted by atomic mass is 16.4. The highest BCUT2D eigenvalue weighted by Gasteiger charge is 2.52. The van der Waals surface area contributed by atoms with Gasteiger partial charge in [0.25, 0.3) is 0 Å². The van der Waals surface area contributed by atoms with Gasteiger partial charge in [0.15, 0.2) is 11.5 Å². The molecule has 0 aliphatic heterocycles. The van der Waals surface area contributed by atoms with Crippen LogP contribution in [-0.2, 0) is 5.41 Å². The fourth-order valence-electron chi connectivity index (χ4n) is 7.09. The van der Waals surface area contributed by atoms with Crippen LogP contribution in [-0.4, -0.2) is 32.4 Å². The molecule has 6 heteroatoms. The van der Waals surface area contributed by atoms with E-state index in [1.54, 1.807) is 6.07 Å². The Morgan fingerprint density at radius 1 is 1.03 bits per heavy atom. The van der Waals surface area contributed by atoms with Crippen LogP contribution in [0.2, 0.25) is 0 Å². The van der Waals surface area contributed by atoms with Crippen LogP contribution < -0.4 is 5.46 Å². The van der Waals surface area contributed by atoms with Gasteiger partial charge < -0.3 is 25.2 Å². The van der Waals surface area contributed by atoms with Crippen LogP contribution in [0.3, 0.4) is 0 Å². The summed E-state index contributed by atoms with van der Waals surface area (Å²) in [7, 11) is -1.85. The number of fused-ring (bicyclic) bond motifs is 5. The largest absolute Gasteiger partial charge is 0.504 e. The lowest BCUT2D eigenvalue weighted by atomic mass is 9.53. The summed E-state index contributed by atoms with van der Waals surface area (Å²) in [5, 5.41) is 41.6. The number of phenols is 2. The van der Waals surface area contributed by atoms with Crippen molar-refractivity contribution in [3.8, 4) is 11.5 Å². The maximum Gasteiger partial charge on any atom is 0.494 e. The molecule has 5 nitrogen and oxygen atoms in total. The van der Waals surface area contributed by atoms with Crippen molar-refractivity contribution >= 4 is 23.5 Å². The molecule has 1 aromatic carbocycles. The molecule has 0 bridgehead atoms. The van der Waals surface area contributed by atoms with Crippen LogP contribution in [0.5, 0.6) is 11.5 Å². The first-order valence-corrected chi connectivity index (χ1v) is 11.1. The van der Waals surface area contributed by atoms with E-state index in [9.17, 15) is 20.3 Å². The molecule has 3 atom stereocenters. The second kappa shape index (κ2) is 6.18. The number of aromatic hydroxyl groups is 2. The van der Waals surface area contributed by atoms with Crippen LogP contribution in [0.15, 0.2) is 6.07 Å². The predicted octanol–water partition coefficient (Wildman–Crippen LogP) is 3.63. The van der Waals surface area contributed by atoms with Crippen molar-refractivity contribution in [3.63, 3.8) is 0 Å². The van der Waals surface area contributed by atoms with E-state index in [0.29, 0.717) is 23.3 Å². The summed E-state index contributed by atoms with van der Waals surface area (Å²) in [5.74, 6) is 0.910. The third kappa shape index (κ3) is 2.68. The number of hydrogen-bond donors (Lipinski definition) is 5. The van der Waals surface area contributed by atoms with Gasteiger partial charge >= 0.3 is 7.12 Å². The number of nitrogens with one attached hydrogen (secondary N) is 1. The summed E-state index contributed by atoms with van der Waals surface area (Å²) in [6.07, 6.45) is 8.33. The predicted molar refractivity (Wildman–Crippen MR) is 115 cm³/mol. The van der Waals surface area contributed by atoms with Gasteiger partial charge in [0.1, 0.15) is 0 Å². The molecule has 3 aliphatic carbocycles. The number of rotatable bonds is 2. The maximum absolute atomic E-state index is 10.4. The summed E-state index contributed by atoms with van der Waals surface area (Å²) < 4.78 is 0. The van der Waals surface area contributed by atoms with Crippen molar-refractivity contribution in [1.82, 2.24) is 4.98 Å². The van der Waals surface area contributed by atoms with Crippen molar-refractivity contribution in [2.45, 2.75) is 77.0 Å². The molecule has 0 amide bonds. The van der Waals surface area contributed by atoms with Gasteiger partial charge in [-0.25, -0.2) is 0 Å². The first kappa shape index (κ1) is 19.3. The molecule has 1 heterocycles. The topological polar surface area (TPSA) is 96.7 Å². The molecule has 3 aliphatic rings. The van der Waals surface area contributed by atoms with Crippen molar-refractivity contribution in [2.75, 3.05) is 0 Å². The molecule has 2 fully saturated rings. The number of H-pyrrole nitrogens is 1. The van der Waals surface area contributed by atoms with E-state index in [1.807, 2.05) is 0 Å². The zero-order valence-electron chi connectivity index (χ0n) is 17.6. The molecule has 2 saturated carbocycles. The zero-order valence-corrected chi connectivity index (χ0v) is 17.6. The summed E-state index contributed by atoms with van der Waals surface area (Å²) in [4.78, 5) is 3.54. The van der Waals surface area contributed by atoms with Gasteiger partial charge in [0.2, 0.25) is 0 Å². The third-order valence-corrected chi connectivity index (χ3v) is 8.50. The Bertz CT molecular complexity index is 977. The minimum Gasteiger partial charge on any atom is -0.504 e. The van der Waals surface area contributed by atoms with Gasteiger partial charge in [-0.2, -0.15) is 0 Å². The molecule has 0 spiro atoms. The number of aromatic nitrogens is 1. The van der Waals surface area contributed by atoms with Crippen LogP contribution in [0.4, 0.5) is 0 Å². The Morgan fingerprint density at radius 2 is 1.76 bits per heavy atom. The lowest BCUT2D eigenvalue weighted by Crippen LogP contribution is -2.44. The molecular formula is C23H32BNO4. The molecule has 2 aromatic rings. The van der Waals surface area contributed by atoms with E-state index in [1.165, 1.54) is 43.4 Å². The van der Waals surface area contributed by atoms with E-state index in [2.05, 4.69) is 25.8 Å². The van der Waals surface area contributed by atoms with Crippen molar-refractivity contribution in [3.05, 3.63) is 17.3 Å². The van der Waals surface area contributed by atoms with Gasteiger partial charge in [-0.1, -0.05) is 27.2 Å². The molecular weight excluding hydrogens is 365 g/mol. The molecule has 1 aromatic heterocycles. The second-order valence-electron chi connectivity index (χ2n) is 10.7. The fraction of sp³-hybridized carbons (Fsp3) is 0.652. The fourth-order valence-corrected chi connectivity index (χ4v) is 7.09. The molecule has 156 valence electrons. The SMILES string of the molecule is CC1(C)CCC[C@@]2(C)c3c([nH]c4c(B(O)O)c(O)c(O)cc34)C(C3CC3)CC[C@H]12. The lowest BCUT2D eigenvalue weighted by molar-refractivity contribution is 0.0501. The van der Waals surface area contributed by atoms with Gasteiger partial charge in [0.05, 0.1) is 5.46 Å². The second-order valence-corrected chi connectivity index (χ2v) is 10.7. The summed E-state index contributed by atoms with van der Waals surface area (Å²) in [6, 6.07) is 1.63. The average molecular weight is 397 g/mol. The highest BCUT2D eigenvalue weighted by molar-refractivity contribution is 6.63.